The van der Waals surface area contributed by atoms with Crippen molar-refractivity contribution in [1.29, 1.82) is 0 Å². The quantitative estimate of drug-likeness (QED) is 0.882. The number of pyridine rings is 1. The molecule has 1 aromatic heterocycles. The third-order valence-electron chi connectivity index (χ3n) is 2.85. The Morgan fingerprint density at radius 1 is 1.16 bits per heavy atom. The van der Waals surface area contributed by atoms with Gasteiger partial charge in [0.15, 0.2) is 0 Å². The fraction of sp³-hybridized carbons (Fsp3) is 0.200. The molecule has 4 nitrogen and oxygen atoms in total. The zero-order chi connectivity index (χ0) is 13.5. The van der Waals surface area contributed by atoms with Crippen molar-refractivity contribution in [1.82, 2.24) is 15.6 Å². The van der Waals surface area contributed by atoms with E-state index in [4.69, 9.17) is 0 Å². The number of carbonyl (C=O) groups excluding carboxylic acids is 1. The predicted octanol–water partition coefficient (Wildman–Crippen LogP) is 2.64. The number of nitrogens with zero attached hydrogens (tertiary/aromatic N) is 1. The highest BCUT2D eigenvalue weighted by molar-refractivity contribution is 5.74. The molecule has 19 heavy (non-hydrogen) atoms. The van der Waals surface area contributed by atoms with E-state index in [-0.39, 0.29) is 12.1 Å². The summed E-state index contributed by atoms with van der Waals surface area (Å²) in [5, 5.41) is 5.72. The first kappa shape index (κ1) is 13.1. The minimum Gasteiger partial charge on any atom is -0.334 e. The molecule has 0 saturated heterocycles. The Bertz CT molecular complexity index is 513. The number of urea groups is 1. The van der Waals surface area contributed by atoms with Gasteiger partial charge in [0.05, 0.1) is 6.04 Å². The van der Waals surface area contributed by atoms with Gasteiger partial charge in [-0.05, 0) is 30.2 Å². The van der Waals surface area contributed by atoms with Crippen molar-refractivity contribution in [3.8, 4) is 0 Å². The first-order valence-corrected chi connectivity index (χ1v) is 6.24. The van der Waals surface area contributed by atoms with Gasteiger partial charge in [-0.1, -0.05) is 30.3 Å². The van der Waals surface area contributed by atoms with Crippen LogP contribution in [0.5, 0.6) is 0 Å². The fourth-order valence-corrected chi connectivity index (χ4v) is 1.76. The van der Waals surface area contributed by atoms with Gasteiger partial charge in [0.1, 0.15) is 0 Å². The van der Waals surface area contributed by atoms with E-state index in [0.29, 0.717) is 6.54 Å². The first-order valence-electron chi connectivity index (χ1n) is 6.24. The normalized spacial score (nSPS) is 11.6. The average Bonchev–Trinajstić information content (AvgIpc) is 2.47. The van der Waals surface area contributed by atoms with Gasteiger partial charge in [-0.25, -0.2) is 4.79 Å². The van der Waals surface area contributed by atoms with Crippen LogP contribution >= 0.6 is 0 Å². The molecule has 1 heterocycles. The lowest BCUT2D eigenvalue weighted by Crippen LogP contribution is -2.36. The monoisotopic (exact) mass is 255 g/mol. The Morgan fingerprint density at radius 2 is 1.84 bits per heavy atom. The van der Waals surface area contributed by atoms with Crippen LogP contribution in [0.15, 0.2) is 54.9 Å². The van der Waals surface area contributed by atoms with Crippen molar-refractivity contribution in [2.24, 2.45) is 0 Å². The van der Waals surface area contributed by atoms with Crippen LogP contribution in [0.1, 0.15) is 24.1 Å². The molecule has 0 bridgehead atoms. The van der Waals surface area contributed by atoms with E-state index < -0.39 is 0 Å². The molecule has 0 aliphatic heterocycles. The summed E-state index contributed by atoms with van der Waals surface area (Å²) in [4.78, 5) is 15.7. The van der Waals surface area contributed by atoms with Crippen molar-refractivity contribution in [2.75, 3.05) is 0 Å². The van der Waals surface area contributed by atoms with E-state index >= 15 is 0 Å². The molecule has 98 valence electrons. The summed E-state index contributed by atoms with van der Waals surface area (Å²) < 4.78 is 0. The minimum atomic E-state index is -0.173. The molecule has 0 fully saturated rings. The molecule has 1 unspecified atom stereocenters. The van der Waals surface area contributed by atoms with E-state index in [1.807, 2.05) is 49.4 Å². The molecule has 1 atom stereocenters. The second kappa shape index (κ2) is 6.54. The SMILES string of the molecule is CC(NC(=O)NCc1ccccc1)c1ccncc1. The Balaban J connectivity index is 1.82. The minimum absolute atomic E-state index is 0.0428. The molecule has 0 aliphatic rings. The van der Waals surface area contributed by atoms with Gasteiger partial charge in [-0.2, -0.15) is 0 Å². The third-order valence-corrected chi connectivity index (χ3v) is 2.85. The molecule has 0 spiro atoms. The molecule has 0 radical (unpaired) electrons. The topological polar surface area (TPSA) is 54.0 Å². The number of hydrogen-bond acceptors (Lipinski definition) is 2. The Kier molecular flexibility index (Phi) is 4.50. The maximum absolute atomic E-state index is 11.8. The highest BCUT2D eigenvalue weighted by Crippen LogP contribution is 2.09. The van der Waals surface area contributed by atoms with Gasteiger partial charge in [-0.3, -0.25) is 4.98 Å². The summed E-state index contributed by atoms with van der Waals surface area (Å²) in [5.74, 6) is 0. The van der Waals surface area contributed by atoms with Crippen molar-refractivity contribution in [3.63, 3.8) is 0 Å². The van der Waals surface area contributed by atoms with E-state index in [0.717, 1.165) is 11.1 Å². The molecule has 4 heteroatoms. The fourth-order valence-electron chi connectivity index (χ4n) is 1.76. The second-order valence-corrected chi connectivity index (χ2v) is 4.31. The summed E-state index contributed by atoms with van der Waals surface area (Å²) in [6, 6.07) is 13.4. The van der Waals surface area contributed by atoms with Crippen LogP contribution in [0, 0.1) is 0 Å². The standard InChI is InChI=1S/C15H17N3O/c1-12(14-7-9-16-10-8-14)18-15(19)17-11-13-5-3-2-4-6-13/h2-10,12H,11H2,1H3,(H2,17,18,19). The molecule has 2 amide bonds. The number of amides is 2. The van der Waals surface area contributed by atoms with E-state index in [2.05, 4.69) is 15.6 Å². The number of carbonyl (C=O) groups is 1. The molecular weight excluding hydrogens is 238 g/mol. The lowest BCUT2D eigenvalue weighted by atomic mass is 10.1. The Hall–Kier alpha value is -2.36. The summed E-state index contributed by atoms with van der Waals surface area (Å²) in [7, 11) is 0. The molecule has 2 N–H and O–H groups in total. The number of nitrogens with one attached hydrogen (secondary N) is 2. The average molecular weight is 255 g/mol. The second-order valence-electron chi connectivity index (χ2n) is 4.31. The number of aromatic nitrogens is 1. The van der Waals surface area contributed by atoms with Crippen molar-refractivity contribution in [2.45, 2.75) is 19.5 Å². The summed E-state index contributed by atoms with van der Waals surface area (Å²) in [6.07, 6.45) is 3.44. The Morgan fingerprint density at radius 3 is 2.53 bits per heavy atom. The number of benzene rings is 1. The molecular formula is C15H17N3O. The molecule has 2 rings (SSSR count). The van der Waals surface area contributed by atoms with E-state index in [1.54, 1.807) is 12.4 Å². The van der Waals surface area contributed by atoms with Gasteiger partial charge in [0, 0.05) is 18.9 Å². The van der Waals surface area contributed by atoms with Crippen LogP contribution in [0.4, 0.5) is 4.79 Å². The van der Waals surface area contributed by atoms with E-state index in [1.165, 1.54) is 0 Å². The lowest BCUT2D eigenvalue weighted by Gasteiger charge is -2.14. The maximum atomic E-state index is 11.8. The number of hydrogen-bond donors (Lipinski definition) is 2. The largest absolute Gasteiger partial charge is 0.334 e. The Labute approximate surface area is 112 Å². The van der Waals surface area contributed by atoms with Gasteiger partial charge < -0.3 is 10.6 Å². The molecule has 1 aromatic carbocycles. The van der Waals surface area contributed by atoms with Gasteiger partial charge in [0.2, 0.25) is 0 Å². The van der Waals surface area contributed by atoms with Crippen molar-refractivity contribution < 1.29 is 4.79 Å². The predicted molar refractivity (Wildman–Crippen MR) is 74.5 cm³/mol. The lowest BCUT2D eigenvalue weighted by molar-refractivity contribution is 0.237. The highest BCUT2D eigenvalue weighted by atomic mass is 16.2. The van der Waals surface area contributed by atoms with Crippen LogP contribution in [-0.4, -0.2) is 11.0 Å². The summed E-state index contributed by atoms with van der Waals surface area (Å²) in [6.45, 7) is 2.47. The van der Waals surface area contributed by atoms with Crippen LogP contribution in [0.3, 0.4) is 0 Å². The van der Waals surface area contributed by atoms with Gasteiger partial charge >= 0.3 is 6.03 Å². The zero-order valence-corrected chi connectivity index (χ0v) is 10.8. The van der Waals surface area contributed by atoms with Crippen LogP contribution in [0.25, 0.3) is 0 Å². The molecule has 2 aromatic rings. The van der Waals surface area contributed by atoms with E-state index in [9.17, 15) is 4.79 Å². The van der Waals surface area contributed by atoms with Gasteiger partial charge in [-0.15, -0.1) is 0 Å². The zero-order valence-electron chi connectivity index (χ0n) is 10.8. The van der Waals surface area contributed by atoms with Crippen LogP contribution < -0.4 is 10.6 Å². The first-order chi connectivity index (χ1) is 9.25. The van der Waals surface area contributed by atoms with Crippen molar-refractivity contribution >= 4 is 6.03 Å². The summed E-state index contributed by atoms with van der Waals surface area (Å²) >= 11 is 0. The van der Waals surface area contributed by atoms with Gasteiger partial charge in [0.25, 0.3) is 0 Å². The maximum Gasteiger partial charge on any atom is 0.315 e. The smallest absolute Gasteiger partial charge is 0.315 e. The highest BCUT2D eigenvalue weighted by Gasteiger charge is 2.08. The molecule has 0 saturated carbocycles. The molecule has 0 aliphatic carbocycles. The van der Waals surface area contributed by atoms with Crippen molar-refractivity contribution in [3.05, 3.63) is 66.0 Å². The summed E-state index contributed by atoms with van der Waals surface area (Å²) in [5.41, 5.74) is 2.11. The third kappa shape index (κ3) is 4.10. The van der Waals surface area contributed by atoms with Crippen LogP contribution in [0.2, 0.25) is 0 Å². The number of rotatable bonds is 4. The van der Waals surface area contributed by atoms with Crippen LogP contribution in [-0.2, 0) is 6.54 Å².